The van der Waals surface area contributed by atoms with Crippen molar-refractivity contribution in [2.24, 2.45) is 5.92 Å². The van der Waals surface area contributed by atoms with E-state index in [2.05, 4.69) is 43.6 Å². The van der Waals surface area contributed by atoms with Gasteiger partial charge in [0, 0.05) is 24.1 Å². The Morgan fingerprint density at radius 2 is 2.12 bits per heavy atom. The van der Waals surface area contributed by atoms with Gasteiger partial charge in [0.15, 0.2) is 0 Å². The van der Waals surface area contributed by atoms with E-state index in [1.165, 1.54) is 17.7 Å². The van der Waals surface area contributed by atoms with E-state index in [4.69, 9.17) is 4.74 Å². The van der Waals surface area contributed by atoms with Crippen molar-refractivity contribution in [2.45, 2.75) is 39.7 Å². The number of ether oxygens (including phenoxy) is 1. The van der Waals surface area contributed by atoms with Crippen LogP contribution >= 0.6 is 11.3 Å². The van der Waals surface area contributed by atoms with Gasteiger partial charge in [-0.3, -0.25) is 0 Å². The van der Waals surface area contributed by atoms with Crippen molar-refractivity contribution in [1.29, 1.82) is 0 Å². The van der Waals surface area contributed by atoms with Gasteiger partial charge in [-0.05, 0) is 37.1 Å². The van der Waals surface area contributed by atoms with Crippen molar-refractivity contribution < 1.29 is 4.74 Å². The molecule has 0 aliphatic carbocycles. The molecular weight excluding hydrogens is 230 g/mol. The van der Waals surface area contributed by atoms with Gasteiger partial charge in [-0.25, -0.2) is 0 Å². The monoisotopic (exact) mass is 255 g/mol. The zero-order valence-electron chi connectivity index (χ0n) is 11.2. The van der Waals surface area contributed by atoms with Crippen LogP contribution in [0.1, 0.15) is 44.5 Å². The number of hydrogen-bond acceptors (Lipinski definition) is 3. The summed E-state index contributed by atoms with van der Waals surface area (Å²) in [7, 11) is 0. The van der Waals surface area contributed by atoms with E-state index in [-0.39, 0.29) is 0 Å². The fourth-order valence-electron chi connectivity index (χ4n) is 1.68. The Hall–Kier alpha value is -0.380. The maximum Gasteiger partial charge on any atom is 0.0591 e. The second-order valence-corrected chi connectivity index (χ2v) is 5.82. The average Bonchev–Trinajstić information content (AvgIpc) is 2.80. The first-order valence-electron chi connectivity index (χ1n) is 6.54. The average molecular weight is 255 g/mol. The van der Waals surface area contributed by atoms with Crippen molar-refractivity contribution >= 4 is 11.3 Å². The summed E-state index contributed by atoms with van der Waals surface area (Å²) in [4.78, 5) is 1.39. The second-order valence-electron chi connectivity index (χ2n) is 4.84. The van der Waals surface area contributed by atoms with E-state index in [1.54, 1.807) is 11.3 Å². The molecule has 1 heterocycles. The van der Waals surface area contributed by atoms with Crippen LogP contribution in [0.5, 0.6) is 0 Å². The van der Waals surface area contributed by atoms with Gasteiger partial charge < -0.3 is 10.1 Å². The van der Waals surface area contributed by atoms with Crippen molar-refractivity contribution in [3.63, 3.8) is 0 Å². The van der Waals surface area contributed by atoms with Gasteiger partial charge in [-0.15, -0.1) is 11.3 Å². The highest BCUT2D eigenvalue weighted by molar-refractivity contribution is 7.10. The Labute approximate surface area is 109 Å². The summed E-state index contributed by atoms with van der Waals surface area (Å²) < 4.78 is 5.59. The van der Waals surface area contributed by atoms with Crippen LogP contribution in [0.3, 0.4) is 0 Å². The molecule has 17 heavy (non-hydrogen) atoms. The maximum absolute atomic E-state index is 5.59. The van der Waals surface area contributed by atoms with Crippen LogP contribution in [0.25, 0.3) is 0 Å². The van der Waals surface area contributed by atoms with Gasteiger partial charge in [0.05, 0.1) is 6.61 Å². The first-order valence-corrected chi connectivity index (χ1v) is 7.42. The number of nitrogens with one attached hydrogen (secondary N) is 1. The Bertz CT molecular complexity index is 272. The fourth-order valence-corrected chi connectivity index (χ4v) is 2.44. The predicted molar refractivity (Wildman–Crippen MR) is 75.6 cm³/mol. The summed E-state index contributed by atoms with van der Waals surface area (Å²) in [5.74, 6) is 0.788. The third kappa shape index (κ3) is 6.81. The largest absolute Gasteiger partial charge is 0.380 e. The molecule has 3 heteroatoms. The minimum absolute atomic E-state index is 0.439. The fraction of sp³-hybridized carbons (Fsp3) is 0.714. The number of thiophene rings is 1. The van der Waals surface area contributed by atoms with Crippen LogP contribution in [0.15, 0.2) is 17.5 Å². The molecule has 1 atom stereocenters. The van der Waals surface area contributed by atoms with Crippen molar-refractivity contribution in [3.8, 4) is 0 Å². The van der Waals surface area contributed by atoms with E-state index in [0.717, 1.165) is 25.7 Å². The summed E-state index contributed by atoms with van der Waals surface area (Å²) in [6.07, 6.45) is 2.44. The predicted octanol–water partition coefficient (Wildman–Crippen LogP) is 3.85. The lowest BCUT2D eigenvalue weighted by atomic mass is 10.1. The summed E-state index contributed by atoms with van der Waals surface area (Å²) in [5.41, 5.74) is 0. The molecule has 0 saturated heterocycles. The zero-order chi connectivity index (χ0) is 12.5. The first kappa shape index (κ1) is 14.7. The van der Waals surface area contributed by atoms with Crippen LogP contribution in [0.4, 0.5) is 0 Å². The second kappa shape index (κ2) is 8.67. The Kier molecular flexibility index (Phi) is 7.49. The topological polar surface area (TPSA) is 21.3 Å². The van der Waals surface area contributed by atoms with Gasteiger partial charge in [0.1, 0.15) is 0 Å². The third-order valence-corrected chi connectivity index (χ3v) is 3.79. The standard InChI is InChI=1S/C14H25NOS/c1-12(2)6-4-9-16-10-8-15-13(3)14-7-5-11-17-14/h5,7,11-13,15H,4,6,8-10H2,1-3H3. The molecule has 0 fully saturated rings. The summed E-state index contributed by atoms with van der Waals surface area (Å²) in [5, 5.41) is 5.59. The number of hydrogen-bond donors (Lipinski definition) is 1. The van der Waals surface area contributed by atoms with Crippen LogP contribution < -0.4 is 5.32 Å². The lowest BCUT2D eigenvalue weighted by molar-refractivity contribution is 0.128. The van der Waals surface area contributed by atoms with Crippen molar-refractivity contribution in [3.05, 3.63) is 22.4 Å². The van der Waals surface area contributed by atoms with Crippen molar-refractivity contribution in [2.75, 3.05) is 19.8 Å². The molecule has 1 unspecified atom stereocenters. The summed E-state index contributed by atoms with van der Waals surface area (Å²) in [6.45, 7) is 9.35. The molecule has 0 saturated carbocycles. The molecule has 1 N–H and O–H groups in total. The van der Waals surface area contributed by atoms with Gasteiger partial charge in [-0.2, -0.15) is 0 Å². The van der Waals surface area contributed by atoms with Gasteiger partial charge in [0.25, 0.3) is 0 Å². The zero-order valence-corrected chi connectivity index (χ0v) is 12.1. The van der Waals surface area contributed by atoms with Crippen LogP contribution in [0.2, 0.25) is 0 Å². The minimum Gasteiger partial charge on any atom is -0.380 e. The molecule has 0 bridgehead atoms. The quantitative estimate of drug-likeness (QED) is 0.677. The molecule has 0 spiro atoms. The highest BCUT2D eigenvalue weighted by Crippen LogP contribution is 2.17. The van der Waals surface area contributed by atoms with E-state index in [9.17, 15) is 0 Å². The molecule has 0 aromatic carbocycles. The summed E-state index contributed by atoms with van der Waals surface area (Å²) in [6, 6.07) is 4.71. The summed E-state index contributed by atoms with van der Waals surface area (Å²) >= 11 is 1.80. The highest BCUT2D eigenvalue weighted by Gasteiger charge is 2.04. The molecule has 0 aliphatic heterocycles. The molecule has 0 radical (unpaired) electrons. The molecular formula is C14H25NOS. The lowest BCUT2D eigenvalue weighted by Gasteiger charge is -2.12. The Morgan fingerprint density at radius 3 is 2.76 bits per heavy atom. The Balaban J connectivity index is 1.94. The van der Waals surface area contributed by atoms with Gasteiger partial charge in [-0.1, -0.05) is 19.9 Å². The molecule has 2 nitrogen and oxygen atoms in total. The van der Waals surface area contributed by atoms with Crippen LogP contribution in [-0.4, -0.2) is 19.8 Å². The lowest BCUT2D eigenvalue weighted by Crippen LogP contribution is -2.22. The molecule has 1 aromatic rings. The smallest absolute Gasteiger partial charge is 0.0591 e. The number of rotatable bonds is 9. The van der Waals surface area contributed by atoms with E-state index >= 15 is 0 Å². The maximum atomic E-state index is 5.59. The van der Waals surface area contributed by atoms with E-state index < -0.39 is 0 Å². The van der Waals surface area contributed by atoms with E-state index in [1.807, 2.05) is 0 Å². The van der Waals surface area contributed by atoms with Crippen LogP contribution in [-0.2, 0) is 4.74 Å². The SMILES string of the molecule is CC(C)CCCOCCNC(C)c1cccs1. The van der Waals surface area contributed by atoms with Crippen molar-refractivity contribution in [1.82, 2.24) is 5.32 Å². The molecule has 1 aromatic heterocycles. The Morgan fingerprint density at radius 1 is 1.29 bits per heavy atom. The molecule has 0 amide bonds. The minimum atomic E-state index is 0.439. The normalized spacial score (nSPS) is 13.2. The van der Waals surface area contributed by atoms with Gasteiger partial charge in [0.2, 0.25) is 0 Å². The van der Waals surface area contributed by atoms with Gasteiger partial charge >= 0.3 is 0 Å². The third-order valence-electron chi connectivity index (χ3n) is 2.74. The molecule has 98 valence electrons. The highest BCUT2D eigenvalue weighted by atomic mass is 32.1. The van der Waals surface area contributed by atoms with Crippen LogP contribution in [0, 0.1) is 5.92 Å². The first-order chi connectivity index (χ1) is 8.20. The molecule has 1 rings (SSSR count). The molecule has 0 aliphatic rings. The van der Waals surface area contributed by atoms with E-state index in [0.29, 0.717) is 6.04 Å².